The third-order valence-corrected chi connectivity index (χ3v) is 3.85. The third kappa shape index (κ3) is 4.54. The summed E-state index contributed by atoms with van der Waals surface area (Å²) in [6.07, 6.45) is 2.90. The number of hydrogen-bond acceptors (Lipinski definition) is 5. The van der Waals surface area contributed by atoms with Gasteiger partial charge >= 0.3 is 0 Å². The maximum Gasteiger partial charge on any atom is 0.283 e. The molecule has 5 nitrogen and oxygen atoms in total. The Morgan fingerprint density at radius 2 is 2.10 bits per heavy atom. The van der Waals surface area contributed by atoms with Crippen LogP contribution in [0.4, 0.5) is 5.69 Å². The second kappa shape index (κ2) is 7.75. The summed E-state index contributed by atoms with van der Waals surface area (Å²) in [5.74, 6) is 0. The molecule has 2 aromatic rings. The zero-order valence-electron chi connectivity index (χ0n) is 11.8. The van der Waals surface area contributed by atoms with Crippen LogP contribution < -0.4 is 5.32 Å². The number of pyridine rings is 1. The quantitative estimate of drug-likeness (QED) is 0.480. The Hall–Kier alpha value is -1.92. The summed E-state index contributed by atoms with van der Waals surface area (Å²) in [7, 11) is 0. The highest BCUT2D eigenvalue weighted by Crippen LogP contribution is 2.33. The SMILES string of the molecule is CCCNCc1ccc(Sc2ccccc2[N+](=O)[O-])nc1. The second-order valence-electron chi connectivity index (χ2n) is 4.51. The normalized spacial score (nSPS) is 10.5. The summed E-state index contributed by atoms with van der Waals surface area (Å²) in [5.41, 5.74) is 1.22. The van der Waals surface area contributed by atoms with Crippen molar-refractivity contribution >= 4 is 17.4 Å². The van der Waals surface area contributed by atoms with E-state index >= 15 is 0 Å². The molecule has 6 heteroatoms. The molecule has 1 aromatic heterocycles. The number of rotatable bonds is 7. The van der Waals surface area contributed by atoms with Crippen molar-refractivity contribution < 1.29 is 4.92 Å². The molecule has 0 atom stereocenters. The Balaban J connectivity index is 2.05. The third-order valence-electron chi connectivity index (χ3n) is 2.83. The van der Waals surface area contributed by atoms with Gasteiger partial charge in [0.25, 0.3) is 5.69 Å². The van der Waals surface area contributed by atoms with Gasteiger partial charge in [-0.2, -0.15) is 0 Å². The van der Waals surface area contributed by atoms with E-state index < -0.39 is 0 Å². The zero-order chi connectivity index (χ0) is 15.1. The molecule has 0 aliphatic carbocycles. The van der Waals surface area contributed by atoms with Crippen LogP contribution in [0.3, 0.4) is 0 Å². The van der Waals surface area contributed by atoms with Crippen LogP contribution in [-0.2, 0) is 6.54 Å². The summed E-state index contributed by atoms with van der Waals surface area (Å²) in [6.45, 7) is 3.89. The number of benzene rings is 1. The Morgan fingerprint density at radius 3 is 2.76 bits per heavy atom. The van der Waals surface area contributed by atoms with Gasteiger partial charge in [-0.05, 0) is 30.7 Å². The van der Waals surface area contributed by atoms with Crippen LogP contribution in [0.5, 0.6) is 0 Å². The van der Waals surface area contributed by atoms with E-state index in [1.54, 1.807) is 24.4 Å². The number of nitrogens with zero attached hydrogens (tertiary/aromatic N) is 2. The summed E-state index contributed by atoms with van der Waals surface area (Å²) >= 11 is 1.31. The standard InChI is InChI=1S/C15H17N3O2S/c1-2-9-16-10-12-7-8-15(17-11-12)21-14-6-4-3-5-13(14)18(19)20/h3-8,11,16H,2,9-10H2,1H3. The molecular weight excluding hydrogens is 286 g/mol. The van der Waals surface area contributed by atoms with E-state index in [-0.39, 0.29) is 10.6 Å². The predicted octanol–water partition coefficient (Wildman–Crippen LogP) is 3.64. The van der Waals surface area contributed by atoms with Crippen molar-refractivity contribution in [2.45, 2.75) is 29.8 Å². The lowest BCUT2D eigenvalue weighted by atomic mass is 10.3. The molecule has 0 fully saturated rings. The molecular formula is C15H17N3O2S. The van der Waals surface area contributed by atoms with Gasteiger partial charge in [-0.15, -0.1) is 0 Å². The zero-order valence-corrected chi connectivity index (χ0v) is 12.6. The Morgan fingerprint density at radius 1 is 1.29 bits per heavy atom. The molecule has 21 heavy (non-hydrogen) atoms. The summed E-state index contributed by atoms with van der Waals surface area (Å²) in [4.78, 5) is 15.6. The van der Waals surface area contributed by atoms with E-state index in [1.165, 1.54) is 17.8 Å². The van der Waals surface area contributed by atoms with Gasteiger partial charge in [0.05, 0.1) is 9.82 Å². The molecule has 0 saturated carbocycles. The first-order valence-electron chi connectivity index (χ1n) is 6.77. The monoisotopic (exact) mass is 303 g/mol. The van der Waals surface area contributed by atoms with E-state index in [1.807, 2.05) is 12.1 Å². The first kappa shape index (κ1) is 15.5. The number of aromatic nitrogens is 1. The number of para-hydroxylation sites is 1. The summed E-state index contributed by atoms with van der Waals surface area (Å²) < 4.78 is 0. The average molecular weight is 303 g/mol. The highest BCUT2D eigenvalue weighted by molar-refractivity contribution is 7.99. The van der Waals surface area contributed by atoms with E-state index in [4.69, 9.17) is 0 Å². The fourth-order valence-electron chi connectivity index (χ4n) is 1.79. The summed E-state index contributed by atoms with van der Waals surface area (Å²) in [6, 6.07) is 10.6. The fourth-order valence-corrected chi connectivity index (χ4v) is 2.65. The molecule has 110 valence electrons. The maximum atomic E-state index is 11.0. The van der Waals surface area contributed by atoms with Crippen LogP contribution in [0.2, 0.25) is 0 Å². The fraction of sp³-hybridized carbons (Fsp3) is 0.267. The molecule has 0 unspecified atom stereocenters. The minimum Gasteiger partial charge on any atom is -0.313 e. The molecule has 0 bridgehead atoms. The van der Waals surface area contributed by atoms with Gasteiger partial charge in [0.2, 0.25) is 0 Å². The van der Waals surface area contributed by atoms with Gasteiger partial charge in [-0.3, -0.25) is 10.1 Å². The van der Waals surface area contributed by atoms with Crippen molar-refractivity contribution in [2.24, 2.45) is 0 Å². The first-order valence-corrected chi connectivity index (χ1v) is 7.59. The highest BCUT2D eigenvalue weighted by Gasteiger charge is 2.13. The molecule has 1 N–H and O–H groups in total. The van der Waals surface area contributed by atoms with Crippen molar-refractivity contribution in [3.8, 4) is 0 Å². The van der Waals surface area contributed by atoms with Crippen molar-refractivity contribution in [1.29, 1.82) is 0 Å². The van der Waals surface area contributed by atoms with Crippen molar-refractivity contribution in [3.63, 3.8) is 0 Å². The Bertz CT molecular complexity index is 602. The van der Waals surface area contributed by atoms with Crippen molar-refractivity contribution in [2.75, 3.05) is 6.54 Å². The van der Waals surface area contributed by atoms with E-state index in [9.17, 15) is 10.1 Å². The van der Waals surface area contributed by atoms with Gasteiger partial charge in [-0.1, -0.05) is 36.9 Å². The molecule has 0 aliphatic rings. The Kier molecular flexibility index (Phi) is 5.71. The molecule has 0 aliphatic heterocycles. The van der Waals surface area contributed by atoms with Crippen LogP contribution in [0.25, 0.3) is 0 Å². The lowest BCUT2D eigenvalue weighted by Crippen LogP contribution is -2.13. The van der Waals surface area contributed by atoms with E-state index in [0.717, 1.165) is 30.1 Å². The molecule has 1 aromatic carbocycles. The van der Waals surface area contributed by atoms with Crippen LogP contribution in [0.1, 0.15) is 18.9 Å². The van der Waals surface area contributed by atoms with Crippen LogP contribution in [0.15, 0.2) is 52.5 Å². The van der Waals surface area contributed by atoms with E-state index in [2.05, 4.69) is 17.2 Å². The highest BCUT2D eigenvalue weighted by atomic mass is 32.2. The molecule has 0 saturated heterocycles. The second-order valence-corrected chi connectivity index (χ2v) is 5.57. The van der Waals surface area contributed by atoms with Gasteiger partial charge in [0.15, 0.2) is 0 Å². The van der Waals surface area contributed by atoms with Crippen LogP contribution in [0, 0.1) is 10.1 Å². The molecule has 0 radical (unpaired) electrons. The largest absolute Gasteiger partial charge is 0.313 e. The number of hydrogen-bond donors (Lipinski definition) is 1. The Labute approximate surface area is 127 Å². The first-order chi connectivity index (χ1) is 10.2. The lowest BCUT2D eigenvalue weighted by Gasteiger charge is -2.05. The minimum atomic E-state index is -0.370. The molecule has 2 rings (SSSR count). The minimum absolute atomic E-state index is 0.109. The molecule has 1 heterocycles. The lowest BCUT2D eigenvalue weighted by molar-refractivity contribution is -0.387. The maximum absolute atomic E-state index is 11.0. The average Bonchev–Trinajstić information content (AvgIpc) is 2.50. The molecule has 0 amide bonds. The number of nitrogens with one attached hydrogen (secondary N) is 1. The smallest absolute Gasteiger partial charge is 0.283 e. The topological polar surface area (TPSA) is 68.1 Å². The van der Waals surface area contributed by atoms with Gasteiger partial charge < -0.3 is 5.32 Å². The predicted molar refractivity (Wildman–Crippen MR) is 83.5 cm³/mol. The van der Waals surface area contributed by atoms with E-state index in [0.29, 0.717) is 4.90 Å². The van der Waals surface area contributed by atoms with Crippen LogP contribution >= 0.6 is 11.8 Å². The van der Waals surface area contributed by atoms with Crippen molar-refractivity contribution in [1.82, 2.24) is 10.3 Å². The van der Waals surface area contributed by atoms with Crippen molar-refractivity contribution in [3.05, 3.63) is 58.3 Å². The summed E-state index contributed by atoms with van der Waals surface area (Å²) in [5, 5.41) is 15.0. The van der Waals surface area contributed by atoms with Gasteiger partial charge in [-0.25, -0.2) is 4.98 Å². The molecule has 0 spiro atoms. The van der Waals surface area contributed by atoms with Gasteiger partial charge in [0.1, 0.15) is 5.03 Å². The number of nitro benzene ring substituents is 1. The number of nitro groups is 1. The van der Waals surface area contributed by atoms with Crippen LogP contribution in [-0.4, -0.2) is 16.5 Å². The van der Waals surface area contributed by atoms with Gasteiger partial charge in [0, 0.05) is 18.8 Å².